The summed E-state index contributed by atoms with van der Waals surface area (Å²) in [6.45, 7) is 7.85. The number of para-hydroxylation sites is 1. The number of carbonyl (C=O) groups excluding carboxylic acids is 1. The Labute approximate surface area is 124 Å². The fraction of sp³-hybridized carbons (Fsp3) is 0.312. The second-order valence-electron chi connectivity index (χ2n) is 5.26. The molecule has 0 saturated carbocycles. The van der Waals surface area contributed by atoms with Crippen molar-refractivity contribution in [2.45, 2.75) is 33.6 Å². The molecule has 0 aliphatic heterocycles. The van der Waals surface area contributed by atoms with E-state index in [0.29, 0.717) is 17.6 Å². The first-order valence-corrected chi connectivity index (χ1v) is 6.95. The van der Waals surface area contributed by atoms with Crippen LogP contribution in [0.2, 0.25) is 0 Å². The third-order valence-corrected chi connectivity index (χ3v) is 3.04. The summed E-state index contributed by atoms with van der Waals surface area (Å²) in [6, 6.07) is 9.21. The van der Waals surface area contributed by atoms with Gasteiger partial charge in [0.05, 0.1) is 0 Å². The van der Waals surface area contributed by atoms with Crippen molar-refractivity contribution in [3.8, 4) is 0 Å². The molecule has 0 bridgehead atoms. The van der Waals surface area contributed by atoms with Gasteiger partial charge in [-0.3, -0.25) is 5.32 Å². The van der Waals surface area contributed by atoms with Crippen molar-refractivity contribution in [1.82, 2.24) is 9.97 Å². The van der Waals surface area contributed by atoms with Crippen molar-refractivity contribution in [1.29, 1.82) is 0 Å². The number of nitrogens with zero attached hydrogens (tertiary/aromatic N) is 2. The number of urea groups is 1. The molecule has 5 heteroatoms. The lowest BCUT2D eigenvalue weighted by Gasteiger charge is -2.14. The molecule has 0 unspecified atom stereocenters. The first kappa shape index (κ1) is 15.0. The first-order valence-electron chi connectivity index (χ1n) is 6.95. The largest absolute Gasteiger partial charge is 0.324 e. The minimum atomic E-state index is -0.305. The number of hydrogen-bond donors (Lipinski definition) is 2. The molecule has 110 valence electrons. The molecule has 0 radical (unpaired) electrons. The Morgan fingerprint density at radius 1 is 1.10 bits per heavy atom. The second kappa shape index (κ2) is 6.35. The molecule has 0 aliphatic rings. The third-order valence-electron chi connectivity index (χ3n) is 3.04. The van der Waals surface area contributed by atoms with E-state index in [-0.39, 0.29) is 6.03 Å². The number of amides is 2. The van der Waals surface area contributed by atoms with Crippen LogP contribution >= 0.6 is 0 Å². The van der Waals surface area contributed by atoms with E-state index in [9.17, 15) is 4.79 Å². The fourth-order valence-electron chi connectivity index (χ4n) is 2.17. The topological polar surface area (TPSA) is 66.9 Å². The maximum Gasteiger partial charge on any atom is 0.324 e. The zero-order valence-corrected chi connectivity index (χ0v) is 12.8. The van der Waals surface area contributed by atoms with Gasteiger partial charge in [-0.05, 0) is 31.4 Å². The maximum absolute atomic E-state index is 12.1. The van der Waals surface area contributed by atoms with E-state index >= 15 is 0 Å². The van der Waals surface area contributed by atoms with Gasteiger partial charge < -0.3 is 5.32 Å². The molecule has 2 amide bonds. The minimum absolute atomic E-state index is 0.305. The van der Waals surface area contributed by atoms with Crippen molar-refractivity contribution in [2.75, 3.05) is 10.6 Å². The van der Waals surface area contributed by atoms with E-state index in [4.69, 9.17) is 0 Å². The smallest absolute Gasteiger partial charge is 0.307 e. The number of carbonyl (C=O) groups is 1. The predicted molar refractivity (Wildman–Crippen MR) is 84.7 cm³/mol. The van der Waals surface area contributed by atoms with Crippen molar-refractivity contribution < 1.29 is 4.79 Å². The van der Waals surface area contributed by atoms with Crippen LogP contribution in [0, 0.1) is 13.8 Å². The van der Waals surface area contributed by atoms with E-state index in [1.54, 1.807) is 13.0 Å². The van der Waals surface area contributed by atoms with E-state index in [2.05, 4.69) is 34.4 Å². The molecule has 0 saturated heterocycles. The van der Waals surface area contributed by atoms with E-state index in [1.807, 2.05) is 31.2 Å². The lowest BCUT2D eigenvalue weighted by Crippen LogP contribution is -2.21. The maximum atomic E-state index is 12.1. The number of aromatic nitrogens is 2. The number of anilines is 2. The van der Waals surface area contributed by atoms with E-state index in [0.717, 1.165) is 16.9 Å². The third kappa shape index (κ3) is 4.02. The molecule has 1 aromatic heterocycles. The van der Waals surface area contributed by atoms with Crippen LogP contribution in [0.15, 0.2) is 30.3 Å². The summed E-state index contributed by atoms with van der Waals surface area (Å²) in [5.74, 6) is 1.47. The zero-order valence-electron chi connectivity index (χ0n) is 12.8. The molecule has 1 aromatic carbocycles. The lowest BCUT2D eigenvalue weighted by atomic mass is 10.0. The summed E-state index contributed by atoms with van der Waals surface area (Å²) in [5.41, 5.74) is 2.73. The van der Waals surface area contributed by atoms with Crippen LogP contribution in [0.25, 0.3) is 0 Å². The Bertz CT molecular complexity index is 632. The van der Waals surface area contributed by atoms with Gasteiger partial charge in [0.2, 0.25) is 0 Å². The van der Waals surface area contributed by atoms with Crippen molar-refractivity contribution in [3.63, 3.8) is 0 Å². The molecule has 21 heavy (non-hydrogen) atoms. The van der Waals surface area contributed by atoms with Gasteiger partial charge in [0, 0.05) is 17.4 Å². The van der Waals surface area contributed by atoms with Gasteiger partial charge in [0.25, 0.3) is 0 Å². The van der Waals surface area contributed by atoms with Crippen LogP contribution < -0.4 is 10.6 Å². The highest BCUT2D eigenvalue weighted by molar-refractivity contribution is 5.99. The molecule has 5 nitrogen and oxygen atoms in total. The second-order valence-corrected chi connectivity index (χ2v) is 5.26. The number of aryl methyl sites for hydroxylation is 2. The van der Waals surface area contributed by atoms with Gasteiger partial charge in [-0.25, -0.2) is 14.8 Å². The van der Waals surface area contributed by atoms with Crippen molar-refractivity contribution in [2.24, 2.45) is 0 Å². The molecule has 0 atom stereocenters. The summed E-state index contributed by atoms with van der Waals surface area (Å²) >= 11 is 0. The highest BCUT2D eigenvalue weighted by atomic mass is 16.2. The van der Waals surface area contributed by atoms with Crippen molar-refractivity contribution in [3.05, 3.63) is 47.4 Å². The quantitative estimate of drug-likeness (QED) is 0.899. The zero-order chi connectivity index (χ0) is 15.4. The summed E-state index contributed by atoms with van der Waals surface area (Å²) in [5, 5.41) is 5.61. The highest BCUT2D eigenvalue weighted by Gasteiger charge is 2.10. The van der Waals surface area contributed by atoms with Crippen LogP contribution in [-0.4, -0.2) is 16.0 Å². The van der Waals surface area contributed by atoms with Gasteiger partial charge in [0.1, 0.15) is 11.6 Å². The molecule has 0 fully saturated rings. The molecule has 1 heterocycles. The molecule has 0 aliphatic carbocycles. The fourth-order valence-corrected chi connectivity index (χ4v) is 2.17. The normalized spacial score (nSPS) is 10.5. The molecular weight excluding hydrogens is 264 g/mol. The van der Waals surface area contributed by atoms with Gasteiger partial charge in [0.15, 0.2) is 0 Å². The molecule has 0 spiro atoms. The molecule has 2 rings (SSSR count). The van der Waals surface area contributed by atoms with E-state index < -0.39 is 0 Å². The number of rotatable bonds is 3. The van der Waals surface area contributed by atoms with Crippen LogP contribution in [0.3, 0.4) is 0 Å². The standard InChI is InChI=1S/C16H20N4O/c1-10(2)13-7-5-6-8-14(13)19-16(21)20-15-9-11(3)17-12(4)18-15/h5-10H,1-4H3,(H2,17,18,19,20,21). The van der Waals surface area contributed by atoms with Crippen LogP contribution in [-0.2, 0) is 0 Å². The number of benzene rings is 1. The Hall–Kier alpha value is -2.43. The summed E-state index contributed by atoms with van der Waals surface area (Å²) in [4.78, 5) is 20.5. The Morgan fingerprint density at radius 2 is 1.81 bits per heavy atom. The summed E-state index contributed by atoms with van der Waals surface area (Å²) < 4.78 is 0. The van der Waals surface area contributed by atoms with Crippen molar-refractivity contribution >= 4 is 17.5 Å². The van der Waals surface area contributed by atoms with Gasteiger partial charge in [-0.1, -0.05) is 32.0 Å². The lowest BCUT2D eigenvalue weighted by molar-refractivity contribution is 0.262. The average molecular weight is 284 g/mol. The Balaban J connectivity index is 2.12. The average Bonchev–Trinajstić information content (AvgIpc) is 2.37. The van der Waals surface area contributed by atoms with Gasteiger partial charge in [-0.2, -0.15) is 0 Å². The minimum Gasteiger partial charge on any atom is -0.307 e. The highest BCUT2D eigenvalue weighted by Crippen LogP contribution is 2.23. The molecule has 2 aromatic rings. The molecular formula is C16H20N4O. The first-order chi connectivity index (χ1) is 9.95. The monoisotopic (exact) mass is 284 g/mol. The van der Waals surface area contributed by atoms with Gasteiger partial charge >= 0.3 is 6.03 Å². The predicted octanol–water partition coefficient (Wildman–Crippen LogP) is 3.86. The van der Waals surface area contributed by atoms with Crippen LogP contribution in [0.1, 0.15) is 36.8 Å². The van der Waals surface area contributed by atoms with Crippen LogP contribution in [0.4, 0.5) is 16.3 Å². The Morgan fingerprint density at radius 3 is 2.48 bits per heavy atom. The summed E-state index contributed by atoms with van der Waals surface area (Å²) in [6.07, 6.45) is 0. The molecule has 2 N–H and O–H groups in total. The van der Waals surface area contributed by atoms with E-state index in [1.165, 1.54) is 0 Å². The number of nitrogens with one attached hydrogen (secondary N) is 2. The Kier molecular flexibility index (Phi) is 4.52. The SMILES string of the molecule is Cc1cc(NC(=O)Nc2ccccc2C(C)C)nc(C)n1. The van der Waals surface area contributed by atoms with Crippen LogP contribution in [0.5, 0.6) is 0 Å². The summed E-state index contributed by atoms with van der Waals surface area (Å²) in [7, 11) is 0. The number of hydrogen-bond acceptors (Lipinski definition) is 3. The van der Waals surface area contributed by atoms with Gasteiger partial charge in [-0.15, -0.1) is 0 Å².